The Morgan fingerprint density at radius 1 is 1.00 bits per heavy atom. The highest BCUT2D eigenvalue weighted by molar-refractivity contribution is 9.10. The number of hydrogen-bond acceptors (Lipinski definition) is 2. The fraction of sp³-hybridized carbons (Fsp3) is 0. The molecule has 0 atom stereocenters. The Morgan fingerprint density at radius 2 is 1.57 bits per heavy atom. The number of carbonyl (C=O) groups is 2. The number of carboxylic acids is 1. The van der Waals surface area contributed by atoms with Crippen molar-refractivity contribution in [3.8, 4) is 0 Å². The number of anilines is 2. The fourth-order valence-electron chi connectivity index (χ4n) is 1.59. The number of nitrogens with one attached hydrogen (secondary N) is 2. The molecule has 0 aromatic heterocycles. The lowest BCUT2D eigenvalue weighted by atomic mass is 10.2. The minimum absolute atomic E-state index is 0.0688. The summed E-state index contributed by atoms with van der Waals surface area (Å²) in [5.74, 6) is -1.08. The van der Waals surface area contributed by atoms with Crippen molar-refractivity contribution in [1.82, 2.24) is 0 Å². The monoisotopic (exact) mass is 368 g/mol. The van der Waals surface area contributed by atoms with Crippen LogP contribution in [-0.2, 0) is 0 Å². The Bertz CT molecular complexity index is 689. The van der Waals surface area contributed by atoms with Gasteiger partial charge in [0.05, 0.1) is 5.56 Å². The predicted molar refractivity (Wildman–Crippen MR) is 85.2 cm³/mol. The van der Waals surface area contributed by atoms with E-state index in [1.54, 1.807) is 36.4 Å². The van der Waals surface area contributed by atoms with Crippen LogP contribution in [0.2, 0.25) is 5.02 Å². The van der Waals surface area contributed by atoms with Crippen LogP contribution in [-0.4, -0.2) is 17.1 Å². The third kappa shape index (κ3) is 4.21. The van der Waals surface area contributed by atoms with Gasteiger partial charge in [-0.05, 0) is 58.4 Å². The summed E-state index contributed by atoms with van der Waals surface area (Å²) in [4.78, 5) is 22.8. The highest BCUT2D eigenvalue weighted by atomic mass is 79.9. The summed E-state index contributed by atoms with van der Waals surface area (Å²) in [7, 11) is 0. The van der Waals surface area contributed by atoms with Gasteiger partial charge in [-0.3, -0.25) is 0 Å². The molecular weight excluding hydrogens is 360 g/mol. The van der Waals surface area contributed by atoms with E-state index in [9.17, 15) is 9.59 Å². The van der Waals surface area contributed by atoms with E-state index in [1.807, 2.05) is 0 Å². The van der Waals surface area contributed by atoms with Gasteiger partial charge in [-0.2, -0.15) is 0 Å². The standard InChI is InChI=1S/C14H10BrClN2O3/c15-12-6-5-10(7-11(12)13(19)20)18-14(21)17-9-3-1-8(16)2-4-9/h1-7H,(H,19,20)(H2,17,18,21). The van der Waals surface area contributed by atoms with Gasteiger partial charge in [0.15, 0.2) is 0 Å². The molecule has 0 radical (unpaired) electrons. The van der Waals surface area contributed by atoms with Gasteiger partial charge in [0.1, 0.15) is 0 Å². The molecule has 7 heteroatoms. The van der Waals surface area contributed by atoms with E-state index in [0.29, 0.717) is 20.9 Å². The lowest BCUT2D eigenvalue weighted by molar-refractivity contribution is 0.0696. The molecule has 0 heterocycles. The van der Waals surface area contributed by atoms with Crippen molar-refractivity contribution in [2.75, 3.05) is 10.6 Å². The van der Waals surface area contributed by atoms with Gasteiger partial charge in [-0.25, -0.2) is 9.59 Å². The van der Waals surface area contributed by atoms with E-state index >= 15 is 0 Å². The fourth-order valence-corrected chi connectivity index (χ4v) is 2.14. The average molecular weight is 370 g/mol. The van der Waals surface area contributed by atoms with Crippen LogP contribution in [0.15, 0.2) is 46.9 Å². The Kier molecular flexibility index (Phi) is 4.82. The van der Waals surface area contributed by atoms with Crippen molar-refractivity contribution in [3.05, 3.63) is 57.5 Å². The maximum Gasteiger partial charge on any atom is 0.336 e. The molecule has 2 amide bonds. The SMILES string of the molecule is O=C(Nc1ccc(Cl)cc1)Nc1ccc(Br)c(C(=O)O)c1. The molecule has 0 saturated carbocycles. The van der Waals surface area contributed by atoms with E-state index in [4.69, 9.17) is 16.7 Å². The first-order valence-corrected chi connectivity index (χ1v) is 6.99. The van der Waals surface area contributed by atoms with Gasteiger partial charge in [0, 0.05) is 20.9 Å². The van der Waals surface area contributed by atoms with E-state index in [2.05, 4.69) is 26.6 Å². The zero-order chi connectivity index (χ0) is 15.4. The lowest BCUT2D eigenvalue weighted by Crippen LogP contribution is -2.19. The third-order valence-electron chi connectivity index (χ3n) is 2.56. The summed E-state index contributed by atoms with van der Waals surface area (Å²) in [6, 6.07) is 10.7. The molecule has 2 aromatic rings. The van der Waals surface area contributed by atoms with Crippen LogP contribution < -0.4 is 10.6 Å². The smallest absolute Gasteiger partial charge is 0.336 e. The third-order valence-corrected chi connectivity index (χ3v) is 3.50. The molecule has 0 aliphatic carbocycles. The molecule has 0 saturated heterocycles. The van der Waals surface area contributed by atoms with Gasteiger partial charge in [-0.15, -0.1) is 0 Å². The number of urea groups is 1. The quantitative estimate of drug-likeness (QED) is 0.748. The average Bonchev–Trinajstić information content (AvgIpc) is 2.43. The van der Waals surface area contributed by atoms with E-state index in [0.717, 1.165) is 0 Å². The van der Waals surface area contributed by atoms with Crippen molar-refractivity contribution < 1.29 is 14.7 Å². The highest BCUT2D eigenvalue weighted by Gasteiger charge is 2.10. The van der Waals surface area contributed by atoms with E-state index in [-0.39, 0.29) is 5.56 Å². The van der Waals surface area contributed by atoms with Crippen LogP contribution >= 0.6 is 27.5 Å². The first kappa shape index (κ1) is 15.3. The van der Waals surface area contributed by atoms with Gasteiger partial charge >= 0.3 is 12.0 Å². The predicted octanol–water partition coefficient (Wildman–Crippen LogP) is 4.44. The summed E-state index contributed by atoms with van der Waals surface area (Å²) in [6.45, 7) is 0. The van der Waals surface area contributed by atoms with Crippen LogP contribution in [0, 0.1) is 0 Å². The van der Waals surface area contributed by atoms with Crippen molar-refractivity contribution in [1.29, 1.82) is 0 Å². The Hall–Kier alpha value is -2.05. The molecule has 0 aliphatic rings. The molecule has 0 aliphatic heterocycles. The maximum atomic E-state index is 11.8. The Labute approximate surface area is 134 Å². The normalized spacial score (nSPS) is 10.0. The van der Waals surface area contributed by atoms with E-state index < -0.39 is 12.0 Å². The van der Waals surface area contributed by atoms with Gasteiger partial charge < -0.3 is 15.7 Å². The second-order valence-corrected chi connectivity index (χ2v) is 5.38. The zero-order valence-electron chi connectivity index (χ0n) is 10.6. The largest absolute Gasteiger partial charge is 0.478 e. The zero-order valence-corrected chi connectivity index (χ0v) is 12.9. The Morgan fingerprint density at radius 3 is 2.19 bits per heavy atom. The molecule has 2 aromatic carbocycles. The van der Waals surface area contributed by atoms with Crippen molar-refractivity contribution in [2.45, 2.75) is 0 Å². The van der Waals surface area contributed by atoms with Crippen LogP contribution in [0.4, 0.5) is 16.2 Å². The van der Waals surface area contributed by atoms with E-state index in [1.165, 1.54) is 6.07 Å². The number of rotatable bonds is 3. The molecule has 21 heavy (non-hydrogen) atoms. The number of amides is 2. The lowest BCUT2D eigenvalue weighted by Gasteiger charge is -2.09. The minimum atomic E-state index is -1.08. The van der Waals surface area contributed by atoms with Crippen molar-refractivity contribution in [3.63, 3.8) is 0 Å². The number of carboxylic acid groups (broad SMARTS) is 1. The van der Waals surface area contributed by atoms with Crippen LogP contribution in [0.3, 0.4) is 0 Å². The summed E-state index contributed by atoms with van der Waals surface area (Å²) in [6.07, 6.45) is 0. The maximum absolute atomic E-state index is 11.8. The molecule has 0 bridgehead atoms. The molecule has 108 valence electrons. The summed E-state index contributed by atoms with van der Waals surface area (Å²) in [5.41, 5.74) is 1.02. The van der Waals surface area contributed by atoms with Crippen LogP contribution in [0.1, 0.15) is 10.4 Å². The molecule has 0 fully saturated rings. The summed E-state index contributed by atoms with van der Waals surface area (Å²) in [5, 5.41) is 14.8. The van der Waals surface area contributed by atoms with Crippen LogP contribution in [0.25, 0.3) is 0 Å². The van der Waals surface area contributed by atoms with Gasteiger partial charge in [0.2, 0.25) is 0 Å². The molecular formula is C14H10BrClN2O3. The van der Waals surface area contributed by atoms with Gasteiger partial charge in [0.25, 0.3) is 0 Å². The number of benzene rings is 2. The molecule has 0 unspecified atom stereocenters. The first-order valence-electron chi connectivity index (χ1n) is 5.82. The summed E-state index contributed by atoms with van der Waals surface area (Å²) < 4.78 is 0.443. The minimum Gasteiger partial charge on any atom is -0.478 e. The number of carbonyl (C=O) groups excluding carboxylic acids is 1. The first-order chi connectivity index (χ1) is 9.95. The van der Waals surface area contributed by atoms with Crippen LogP contribution in [0.5, 0.6) is 0 Å². The molecule has 3 N–H and O–H groups in total. The number of halogens is 2. The second kappa shape index (κ2) is 6.60. The topological polar surface area (TPSA) is 78.4 Å². The van der Waals surface area contributed by atoms with Gasteiger partial charge in [-0.1, -0.05) is 11.6 Å². The number of hydrogen-bond donors (Lipinski definition) is 3. The van der Waals surface area contributed by atoms with Crippen molar-refractivity contribution in [2.24, 2.45) is 0 Å². The summed E-state index contributed by atoms with van der Waals surface area (Å²) >= 11 is 8.89. The molecule has 5 nitrogen and oxygen atoms in total. The van der Waals surface area contributed by atoms with Crippen molar-refractivity contribution >= 4 is 50.9 Å². The molecule has 2 rings (SSSR count). The molecule has 0 spiro atoms. The second-order valence-electron chi connectivity index (χ2n) is 4.09. The highest BCUT2D eigenvalue weighted by Crippen LogP contribution is 2.21. The number of aromatic carboxylic acids is 1. The Balaban J connectivity index is 2.07.